The number of anilines is 1. The summed E-state index contributed by atoms with van der Waals surface area (Å²) in [6.07, 6.45) is -0.955. The molecule has 24 heavy (non-hydrogen) atoms. The minimum Gasteiger partial charge on any atom is -0.497 e. The molecule has 2 aromatic carbocycles. The van der Waals surface area contributed by atoms with Crippen LogP contribution in [0.25, 0.3) is 0 Å². The summed E-state index contributed by atoms with van der Waals surface area (Å²) in [5, 5.41) is 23.6. The van der Waals surface area contributed by atoms with Gasteiger partial charge in [-0.3, -0.25) is 10.1 Å². The maximum Gasteiger partial charge on any atom is 0.272 e. The van der Waals surface area contributed by atoms with E-state index >= 15 is 0 Å². The number of methoxy groups -OCH3 is 2. The zero-order valence-electron chi connectivity index (χ0n) is 13.2. The van der Waals surface area contributed by atoms with Gasteiger partial charge in [0.15, 0.2) is 5.82 Å². The van der Waals surface area contributed by atoms with Gasteiger partial charge in [0.1, 0.15) is 11.5 Å². The average Bonchev–Trinajstić information content (AvgIpc) is 2.59. The fraction of sp³-hybridized carbons (Fsp3) is 0.250. The van der Waals surface area contributed by atoms with Crippen molar-refractivity contribution in [3.05, 3.63) is 57.9 Å². The Labute approximate surface area is 137 Å². The predicted molar refractivity (Wildman–Crippen MR) is 86.0 cm³/mol. The second-order valence-electron chi connectivity index (χ2n) is 4.96. The van der Waals surface area contributed by atoms with Gasteiger partial charge in [-0.25, -0.2) is 4.39 Å². The van der Waals surface area contributed by atoms with Crippen LogP contribution in [0.4, 0.5) is 15.8 Å². The average molecular weight is 336 g/mol. The van der Waals surface area contributed by atoms with Gasteiger partial charge in [-0.2, -0.15) is 0 Å². The summed E-state index contributed by atoms with van der Waals surface area (Å²) in [6.45, 7) is 0.00501. The van der Waals surface area contributed by atoms with Crippen molar-refractivity contribution < 1.29 is 23.9 Å². The standard InChI is InChI=1S/C16H17FN2O5/c1-23-12-5-10(6-13(8-12)24-2)16(20)9-18-15-4-3-11(19(21)22)7-14(15)17/h3-8,16,18,20H,9H2,1-2H3. The summed E-state index contributed by atoms with van der Waals surface area (Å²) in [5.74, 6) is 0.273. The Balaban J connectivity index is 2.10. The van der Waals surface area contributed by atoms with Crippen LogP contribution in [-0.2, 0) is 0 Å². The number of ether oxygens (including phenoxy) is 2. The maximum atomic E-state index is 13.8. The summed E-state index contributed by atoms with van der Waals surface area (Å²) in [5.41, 5.74) is 0.256. The quantitative estimate of drug-likeness (QED) is 0.596. The molecule has 1 atom stereocenters. The van der Waals surface area contributed by atoms with Crippen molar-refractivity contribution in [3.63, 3.8) is 0 Å². The highest BCUT2D eigenvalue weighted by Crippen LogP contribution is 2.27. The molecule has 0 spiro atoms. The minimum atomic E-state index is -0.955. The van der Waals surface area contributed by atoms with Gasteiger partial charge in [0.2, 0.25) is 0 Å². The van der Waals surface area contributed by atoms with Crippen LogP contribution in [0.5, 0.6) is 11.5 Å². The van der Waals surface area contributed by atoms with E-state index in [0.29, 0.717) is 17.1 Å². The first-order chi connectivity index (χ1) is 11.4. The third-order valence-corrected chi connectivity index (χ3v) is 3.41. The molecule has 0 saturated heterocycles. The number of aliphatic hydroxyl groups excluding tert-OH is 1. The first kappa shape index (κ1) is 17.5. The van der Waals surface area contributed by atoms with E-state index in [0.717, 1.165) is 6.07 Å². The van der Waals surface area contributed by atoms with Crippen molar-refractivity contribution in [1.29, 1.82) is 0 Å². The van der Waals surface area contributed by atoms with Crippen molar-refractivity contribution in [2.24, 2.45) is 0 Å². The summed E-state index contributed by atoms with van der Waals surface area (Å²) >= 11 is 0. The van der Waals surface area contributed by atoms with E-state index in [1.54, 1.807) is 18.2 Å². The van der Waals surface area contributed by atoms with Crippen molar-refractivity contribution in [3.8, 4) is 11.5 Å². The van der Waals surface area contributed by atoms with Crippen LogP contribution in [0.1, 0.15) is 11.7 Å². The highest BCUT2D eigenvalue weighted by Gasteiger charge is 2.14. The van der Waals surface area contributed by atoms with Crippen LogP contribution < -0.4 is 14.8 Å². The Morgan fingerprint density at radius 1 is 1.21 bits per heavy atom. The molecule has 0 saturated carbocycles. The second-order valence-corrected chi connectivity index (χ2v) is 4.96. The third-order valence-electron chi connectivity index (χ3n) is 3.41. The molecule has 0 aliphatic heterocycles. The molecule has 0 heterocycles. The summed E-state index contributed by atoms with van der Waals surface area (Å²) < 4.78 is 24.1. The highest BCUT2D eigenvalue weighted by atomic mass is 19.1. The van der Waals surface area contributed by atoms with Crippen LogP contribution in [0.15, 0.2) is 36.4 Å². The molecule has 1 unspecified atom stereocenters. The number of aliphatic hydroxyl groups is 1. The van der Waals surface area contributed by atoms with Crippen LogP contribution in [0, 0.1) is 15.9 Å². The molecule has 2 N–H and O–H groups in total. The number of nitrogens with one attached hydrogen (secondary N) is 1. The van der Waals surface area contributed by atoms with E-state index in [2.05, 4.69) is 5.32 Å². The number of non-ortho nitro benzene ring substituents is 1. The largest absolute Gasteiger partial charge is 0.497 e. The molecule has 2 aromatic rings. The monoisotopic (exact) mass is 336 g/mol. The maximum absolute atomic E-state index is 13.8. The van der Waals surface area contributed by atoms with Crippen molar-refractivity contribution >= 4 is 11.4 Å². The number of nitro groups is 1. The van der Waals surface area contributed by atoms with Gasteiger partial charge in [0.05, 0.1) is 37.0 Å². The van der Waals surface area contributed by atoms with E-state index in [1.165, 1.54) is 26.4 Å². The van der Waals surface area contributed by atoms with Crippen LogP contribution >= 0.6 is 0 Å². The zero-order chi connectivity index (χ0) is 17.7. The van der Waals surface area contributed by atoms with Gasteiger partial charge >= 0.3 is 0 Å². The number of benzene rings is 2. The van der Waals surface area contributed by atoms with Gasteiger partial charge in [-0.05, 0) is 23.8 Å². The Hall–Kier alpha value is -2.87. The van der Waals surface area contributed by atoms with Gasteiger partial charge < -0.3 is 19.9 Å². The van der Waals surface area contributed by atoms with Gasteiger partial charge in [0, 0.05) is 18.7 Å². The number of hydrogen-bond acceptors (Lipinski definition) is 6. The number of nitrogens with zero attached hydrogens (tertiary/aromatic N) is 1. The normalized spacial score (nSPS) is 11.7. The Kier molecular flexibility index (Phi) is 5.54. The molecule has 0 amide bonds. The molecule has 128 valence electrons. The minimum absolute atomic E-state index is 0.00501. The van der Waals surface area contributed by atoms with E-state index in [-0.39, 0.29) is 17.9 Å². The number of rotatable bonds is 7. The molecule has 0 fully saturated rings. The first-order valence-corrected chi connectivity index (χ1v) is 7.03. The van der Waals surface area contributed by atoms with E-state index in [9.17, 15) is 19.6 Å². The van der Waals surface area contributed by atoms with E-state index in [4.69, 9.17) is 9.47 Å². The molecule has 8 heteroatoms. The van der Waals surface area contributed by atoms with Crippen LogP contribution in [-0.4, -0.2) is 30.8 Å². The topological polar surface area (TPSA) is 93.9 Å². The fourth-order valence-electron chi connectivity index (χ4n) is 2.11. The Morgan fingerprint density at radius 3 is 2.33 bits per heavy atom. The number of hydrogen-bond donors (Lipinski definition) is 2. The van der Waals surface area contributed by atoms with Crippen molar-refractivity contribution in [2.75, 3.05) is 26.1 Å². The van der Waals surface area contributed by atoms with Gasteiger partial charge in [0.25, 0.3) is 5.69 Å². The Morgan fingerprint density at radius 2 is 1.83 bits per heavy atom. The fourth-order valence-corrected chi connectivity index (χ4v) is 2.11. The molecule has 2 rings (SSSR count). The van der Waals surface area contributed by atoms with E-state index in [1.807, 2.05) is 0 Å². The van der Waals surface area contributed by atoms with Gasteiger partial charge in [-0.1, -0.05) is 0 Å². The molecule has 0 aliphatic carbocycles. The van der Waals surface area contributed by atoms with Crippen LogP contribution in [0.3, 0.4) is 0 Å². The first-order valence-electron chi connectivity index (χ1n) is 7.03. The third kappa shape index (κ3) is 4.11. The molecule has 0 bridgehead atoms. The van der Waals surface area contributed by atoms with Crippen LogP contribution in [0.2, 0.25) is 0 Å². The lowest BCUT2D eigenvalue weighted by atomic mass is 10.1. The predicted octanol–water partition coefficient (Wildman–Crippen LogP) is 2.90. The van der Waals surface area contributed by atoms with Crippen molar-refractivity contribution in [2.45, 2.75) is 6.10 Å². The second kappa shape index (κ2) is 7.60. The summed E-state index contributed by atoms with van der Waals surface area (Å²) in [4.78, 5) is 9.91. The number of halogens is 1. The van der Waals surface area contributed by atoms with Crippen molar-refractivity contribution in [1.82, 2.24) is 0 Å². The molecule has 0 aromatic heterocycles. The lowest BCUT2D eigenvalue weighted by Crippen LogP contribution is -2.13. The molecular weight excluding hydrogens is 319 g/mol. The molecule has 0 aliphatic rings. The molecule has 0 radical (unpaired) electrons. The summed E-state index contributed by atoms with van der Waals surface area (Å²) in [6, 6.07) is 8.21. The van der Waals surface area contributed by atoms with E-state index < -0.39 is 16.8 Å². The highest BCUT2D eigenvalue weighted by molar-refractivity contribution is 5.50. The SMILES string of the molecule is COc1cc(OC)cc(C(O)CNc2ccc([N+](=O)[O-])cc2F)c1. The zero-order valence-corrected chi connectivity index (χ0v) is 13.2. The molecular formula is C16H17FN2O5. The Bertz CT molecular complexity index is 716. The van der Waals surface area contributed by atoms with Gasteiger partial charge in [-0.15, -0.1) is 0 Å². The smallest absolute Gasteiger partial charge is 0.272 e. The number of nitro benzene ring substituents is 1. The summed E-state index contributed by atoms with van der Waals surface area (Å²) in [7, 11) is 2.99. The lowest BCUT2D eigenvalue weighted by Gasteiger charge is -2.15. The lowest BCUT2D eigenvalue weighted by molar-refractivity contribution is -0.385. The molecule has 7 nitrogen and oxygen atoms in total.